The van der Waals surface area contributed by atoms with Gasteiger partial charge in [0.2, 0.25) is 11.8 Å². The molecule has 0 aliphatic heterocycles. The van der Waals surface area contributed by atoms with E-state index in [0.717, 1.165) is 8.95 Å². The molecule has 3 rings (SSSR count). The van der Waals surface area contributed by atoms with Gasteiger partial charge in [-0.2, -0.15) is 0 Å². The molecule has 0 aliphatic rings. The van der Waals surface area contributed by atoms with E-state index in [-0.39, 0.29) is 11.8 Å². The van der Waals surface area contributed by atoms with Gasteiger partial charge in [-0.15, -0.1) is 0 Å². The Balaban J connectivity index is 2.10. The molecule has 0 spiro atoms. The number of carbonyl (C=O) groups excluding carboxylic acids is 2. The van der Waals surface area contributed by atoms with Gasteiger partial charge < -0.3 is 20.1 Å². The molecule has 3 aromatic carbocycles. The zero-order valence-corrected chi connectivity index (χ0v) is 19.3. The van der Waals surface area contributed by atoms with Crippen LogP contribution in [-0.2, 0) is 9.59 Å². The SMILES string of the molecule is CC(=O)Nc1cc(NC(C)=O)c(Oc2ccccc2Br)cc1Oc1ccccc1Br. The van der Waals surface area contributed by atoms with Crippen LogP contribution in [0.15, 0.2) is 69.6 Å². The number of anilines is 2. The Kier molecular flexibility index (Phi) is 7.12. The number of rotatable bonds is 6. The zero-order chi connectivity index (χ0) is 21.7. The highest BCUT2D eigenvalue weighted by Crippen LogP contribution is 2.43. The third-order valence-electron chi connectivity index (χ3n) is 3.82. The van der Waals surface area contributed by atoms with Crippen LogP contribution in [0.4, 0.5) is 11.4 Å². The number of carbonyl (C=O) groups is 2. The van der Waals surface area contributed by atoms with Crippen molar-refractivity contribution >= 4 is 55.0 Å². The highest BCUT2D eigenvalue weighted by atomic mass is 79.9. The van der Waals surface area contributed by atoms with Crippen LogP contribution in [0.5, 0.6) is 23.0 Å². The topological polar surface area (TPSA) is 76.7 Å². The molecule has 0 saturated heterocycles. The minimum atomic E-state index is -0.278. The molecule has 0 aromatic heterocycles. The van der Waals surface area contributed by atoms with Gasteiger partial charge in [-0.1, -0.05) is 24.3 Å². The van der Waals surface area contributed by atoms with E-state index in [4.69, 9.17) is 9.47 Å². The molecule has 0 saturated carbocycles. The van der Waals surface area contributed by atoms with Gasteiger partial charge >= 0.3 is 0 Å². The molecule has 154 valence electrons. The number of nitrogens with one attached hydrogen (secondary N) is 2. The fourth-order valence-electron chi connectivity index (χ4n) is 2.60. The normalized spacial score (nSPS) is 10.3. The van der Waals surface area contributed by atoms with Crippen LogP contribution in [0, 0.1) is 0 Å². The van der Waals surface area contributed by atoms with Crippen molar-refractivity contribution < 1.29 is 19.1 Å². The number of hydrogen-bond donors (Lipinski definition) is 2. The fourth-order valence-corrected chi connectivity index (χ4v) is 3.33. The summed E-state index contributed by atoms with van der Waals surface area (Å²) in [5.41, 5.74) is 0.781. The molecule has 0 heterocycles. The first-order chi connectivity index (χ1) is 14.3. The van der Waals surface area contributed by atoms with Crippen LogP contribution < -0.4 is 20.1 Å². The minimum Gasteiger partial charge on any atom is -0.454 e. The van der Waals surface area contributed by atoms with Crippen LogP contribution >= 0.6 is 31.9 Å². The predicted molar refractivity (Wildman–Crippen MR) is 123 cm³/mol. The highest BCUT2D eigenvalue weighted by Gasteiger charge is 2.17. The number of amides is 2. The van der Waals surface area contributed by atoms with E-state index in [1.165, 1.54) is 13.8 Å². The molecule has 2 amide bonds. The van der Waals surface area contributed by atoms with Crippen molar-refractivity contribution in [1.29, 1.82) is 0 Å². The van der Waals surface area contributed by atoms with Crippen LogP contribution in [0.1, 0.15) is 13.8 Å². The Labute approximate surface area is 190 Å². The summed E-state index contributed by atoms with van der Waals surface area (Å²) in [6.07, 6.45) is 0. The van der Waals surface area contributed by atoms with Gasteiger partial charge in [0, 0.05) is 19.9 Å². The molecule has 30 heavy (non-hydrogen) atoms. The molecule has 0 radical (unpaired) electrons. The zero-order valence-electron chi connectivity index (χ0n) is 16.2. The minimum absolute atomic E-state index is 0.278. The highest BCUT2D eigenvalue weighted by molar-refractivity contribution is 9.10. The van der Waals surface area contributed by atoms with Crippen molar-refractivity contribution in [3.05, 3.63) is 69.6 Å². The van der Waals surface area contributed by atoms with Gasteiger partial charge in [0.25, 0.3) is 0 Å². The lowest BCUT2D eigenvalue weighted by molar-refractivity contribution is -0.115. The van der Waals surface area contributed by atoms with Crippen molar-refractivity contribution in [3.63, 3.8) is 0 Å². The molecule has 0 fully saturated rings. The first-order valence-electron chi connectivity index (χ1n) is 8.91. The Morgan fingerprint density at radius 1 is 0.667 bits per heavy atom. The Morgan fingerprint density at radius 3 is 1.43 bits per heavy atom. The van der Waals surface area contributed by atoms with Crippen molar-refractivity contribution in [2.75, 3.05) is 10.6 Å². The van der Waals surface area contributed by atoms with E-state index in [1.54, 1.807) is 24.3 Å². The van der Waals surface area contributed by atoms with Gasteiger partial charge in [-0.3, -0.25) is 9.59 Å². The number of hydrogen-bond acceptors (Lipinski definition) is 4. The van der Waals surface area contributed by atoms with Crippen molar-refractivity contribution in [1.82, 2.24) is 0 Å². The summed E-state index contributed by atoms with van der Waals surface area (Å²) < 4.78 is 13.6. The maximum absolute atomic E-state index is 11.7. The third kappa shape index (κ3) is 5.61. The smallest absolute Gasteiger partial charge is 0.221 e. The van der Waals surface area contributed by atoms with E-state index >= 15 is 0 Å². The molecule has 8 heteroatoms. The summed E-state index contributed by atoms with van der Waals surface area (Å²) >= 11 is 6.90. The van der Waals surface area contributed by atoms with E-state index in [0.29, 0.717) is 34.4 Å². The average molecular weight is 534 g/mol. The quantitative estimate of drug-likeness (QED) is 0.369. The standard InChI is InChI=1S/C22H18Br2N2O4/c1-13(27)25-17-11-18(26-14(2)28)22(30-20-10-6-4-8-16(20)24)12-21(17)29-19-9-5-3-7-15(19)23/h3-12H,1-2H3,(H,25,27)(H,26,28). The molecule has 0 unspecified atom stereocenters. The summed E-state index contributed by atoms with van der Waals surface area (Å²) in [5.74, 6) is 1.27. The summed E-state index contributed by atoms with van der Waals surface area (Å²) in [6, 6.07) is 17.9. The molecular weight excluding hydrogens is 516 g/mol. The molecule has 6 nitrogen and oxygen atoms in total. The van der Waals surface area contributed by atoms with E-state index in [2.05, 4.69) is 42.5 Å². The monoisotopic (exact) mass is 532 g/mol. The first kappa shape index (κ1) is 21.9. The Bertz CT molecular complexity index is 1020. The lowest BCUT2D eigenvalue weighted by Crippen LogP contribution is -2.11. The van der Waals surface area contributed by atoms with Crippen LogP contribution in [0.25, 0.3) is 0 Å². The lowest BCUT2D eigenvalue weighted by atomic mass is 10.2. The van der Waals surface area contributed by atoms with Crippen molar-refractivity contribution in [3.8, 4) is 23.0 Å². The maximum atomic E-state index is 11.7. The second kappa shape index (κ2) is 9.77. The third-order valence-corrected chi connectivity index (χ3v) is 5.13. The molecule has 0 bridgehead atoms. The predicted octanol–water partition coefficient (Wildman–Crippen LogP) is 6.71. The summed E-state index contributed by atoms with van der Waals surface area (Å²) in [5, 5.41) is 5.47. The largest absolute Gasteiger partial charge is 0.454 e. The second-order valence-corrected chi connectivity index (χ2v) is 7.98. The second-order valence-electron chi connectivity index (χ2n) is 6.27. The van der Waals surface area contributed by atoms with Gasteiger partial charge in [0.05, 0.1) is 20.3 Å². The Morgan fingerprint density at radius 2 is 1.07 bits per heavy atom. The van der Waals surface area contributed by atoms with Crippen molar-refractivity contribution in [2.45, 2.75) is 13.8 Å². The lowest BCUT2D eigenvalue weighted by Gasteiger charge is -2.18. The summed E-state index contributed by atoms with van der Waals surface area (Å²) in [4.78, 5) is 23.5. The van der Waals surface area contributed by atoms with Gasteiger partial charge in [0.1, 0.15) is 11.5 Å². The van der Waals surface area contributed by atoms with Crippen LogP contribution in [-0.4, -0.2) is 11.8 Å². The first-order valence-corrected chi connectivity index (χ1v) is 10.5. The summed E-state index contributed by atoms with van der Waals surface area (Å²) in [7, 11) is 0. The summed E-state index contributed by atoms with van der Waals surface area (Å²) in [6.45, 7) is 2.79. The van der Waals surface area contributed by atoms with E-state index in [9.17, 15) is 9.59 Å². The van der Waals surface area contributed by atoms with Crippen LogP contribution in [0.2, 0.25) is 0 Å². The molecule has 2 N–H and O–H groups in total. The van der Waals surface area contributed by atoms with Crippen molar-refractivity contribution in [2.24, 2.45) is 0 Å². The molecule has 0 aliphatic carbocycles. The van der Waals surface area contributed by atoms with E-state index in [1.807, 2.05) is 36.4 Å². The van der Waals surface area contributed by atoms with Gasteiger partial charge in [-0.25, -0.2) is 0 Å². The number of halogens is 2. The van der Waals surface area contributed by atoms with Crippen LogP contribution in [0.3, 0.4) is 0 Å². The average Bonchev–Trinajstić information content (AvgIpc) is 2.67. The van der Waals surface area contributed by atoms with Gasteiger partial charge in [0.15, 0.2) is 11.5 Å². The molecular formula is C22H18Br2N2O4. The number of benzene rings is 3. The van der Waals surface area contributed by atoms with E-state index < -0.39 is 0 Å². The molecule has 3 aromatic rings. The maximum Gasteiger partial charge on any atom is 0.221 e. The van der Waals surface area contributed by atoms with Gasteiger partial charge in [-0.05, 0) is 62.2 Å². The molecule has 0 atom stereocenters. The number of ether oxygens (including phenoxy) is 2. The number of para-hydroxylation sites is 2. The fraction of sp³-hybridized carbons (Fsp3) is 0.0909. The Hall–Kier alpha value is -2.84.